The number of aromatic nitrogens is 2. The molecule has 2 aliphatic rings. The molecular weight excluding hydrogens is 402 g/mol. The predicted octanol–water partition coefficient (Wildman–Crippen LogP) is 3.10. The summed E-state index contributed by atoms with van der Waals surface area (Å²) >= 11 is 5.88. The molecule has 1 atom stereocenters. The number of nitrogens with one attached hydrogen (secondary N) is 1. The molecule has 0 unspecified atom stereocenters. The lowest BCUT2D eigenvalue weighted by molar-refractivity contribution is -0.131. The average Bonchev–Trinajstić information content (AvgIpc) is 3.41. The second-order valence-corrected chi connectivity index (χ2v) is 8.43. The standard InChI is InChI=1S/C22H26ClN5O2/c1-15-19(22(30)26-18-6-4-17(23)5-7-18)12-24-21(25-15)16-8-11-28(13-16)20(29)14-27-9-2-3-10-27/h4-7,12,16H,2-3,8-11,13-14H2,1H3,(H,26,30)/t16-/m1/s1. The molecule has 3 heterocycles. The van der Waals surface area contributed by atoms with Crippen LogP contribution < -0.4 is 5.32 Å². The minimum Gasteiger partial charge on any atom is -0.341 e. The normalized spacial score (nSPS) is 19.3. The van der Waals surface area contributed by atoms with Gasteiger partial charge in [-0.3, -0.25) is 14.5 Å². The fourth-order valence-electron chi connectivity index (χ4n) is 4.07. The van der Waals surface area contributed by atoms with Crippen LogP contribution in [-0.2, 0) is 4.79 Å². The molecule has 7 nitrogen and oxygen atoms in total. The maximum Gasteiger partial charge on any atom is 0.259 e. The highest BCUT2D eigenvalue weighted by molar-refractivity contribution is 6.30. The number of hydrogen-bond donors (Lipinski definition) is 1. The molecule has 0 spiro atoms. The van der Waals surface area contributed by atoms with Gasteiger partial charge in [-0.05, 0) is 63.5 Å². The van der Waals surface area contributed by atoms with E-state index < -0.39 is 0 Å². The van der Waals surface area contributed by atoms with Gasteiger partial charge < -0.3 is 10.2 Å². The zero-order valence-electron chi connectivity index (χ0n) is 17.1. The van der Waals surface area contributed by atoms with E-state index in [2.05, 4.69) is 20.2 Å². The maximum absolute atomic E-state index is 12.6. The predicted molar refractivity (Wildman–Crippen MR) is 116 cm³/mol. The van der Waals surface area contributed by atoms with Crippen LogP contribution in [-0.4, -0.2) is 64.3 Å². The van der Waals surface area contributed by atoms with Crippen LogP contribution in [0.25, 0.3) is 0 Å². The molecule has 1 aromatic heterocycles. The van der Waals surface area contributed by atoms with Gasteiger partial charge in [0.15, 0.2) is 0 Å². The minimum atomic E-state index is -0.254. The van der Waals surface area contributed by atoms with Crippen molar-refractivity contribution in [3.63, 3.8) is 0 Å². The molecule has 0 radical (unpaired) electrons. The van der Waals surface area contributed by atoms with Crippen LogP contribution in [0.1, 0.15) is 47.1 Å². The maximum atomic E-state index is 12.6. The van der Waals surface area contributed by atoms with E-state index in [1.807, 2.05) is 11.8 Å². The van der Waals surface area contributed by atoms with Crippen LogP contribution >= 0.6 is 11.6 Å². The van der Waals surface area contributed by atoms with E-state index in [0.29, 0.717) is 40.9 Å². The second kappa shape index (κ2) is 9.10. The number of carbonyl (C=O) groups is 2. The summed E-state index contributed by atoms with van der Waals surface area (Å²) in [6.07, 6.45) is 4.79. The Kier molecular flexibility index (Phi) is 6.29. The van der Waals surface area contributed by atoms with Gasteiger partial charge in [-0.15, -0.1) is 0 Å². The first-order chi connectivity index (χ1) is 14.5. The summed E-state index contributed by atoms with van der Waals surface area (Å²) in [6.45, 7) is 5.74. The number of nitrogens with zero attached hydrogens (tertiary/aromatic N) is 4. The lowest BCUT2D eigenvalue weighted by Crippen LogP contribution is -2.38. The Morgan fingerprint density at radius 2 is 1.90 bits per heavy atom. The third kappa shape index (κ3) is 4.79. The molecular formula is C22H26ClN5O2. The van der Waals surface area contributed by atoms with Crippen LogP contribution in [0.3, 0.4) is 0 Å². The van der Waals surface area contributed by atoms with Crippen molar-refractivity contribution < 1.29 is 9.59 Å². The van der Waals surface area contributed by atoms with Crippen molar-refractivity contribution in [3.05, 3.63) is 52.6 Å². The fraction of sp³-hybridized carbons (Fsp3) is 0.455. The van der Waals surface area contributed by atoms with Crippen molar-refractivity contribution in [2.24, 2.45) is 0 Å². The average molecular weight is 428 g/mol. The van der Waals surface area contributed by atoms with E-state index in [0.717, 1.165) is 26.1 Å². The van der Waals surface area contributed by atoms with E-state index in [-0.39, 0.29) is 17.7 Å². The van der Waals surface area contributed by atoms with Crippen molar-refractivity contribution in [3.8, 4) is 0 Å². The Bertz CT molecular complexity index is 928. The first-order valence-corrected chi connectivity index (χ1v) is 10.8. The molecule has 4 rings (SSSR count). The van der Waals surface area contributed by atoms with E-state index in [1.54, 1.807) is 30.5 Å². The lowest BCUT2D eigenvalue weighted by atomic mass is 10.1. The number of anilines is 1. The summed E-state index contributed by atoms with van der Waals surface area (Å²) in [7, 11) is 0. The molecule has 30 heavy (non-hydrogen) atoms. The molecule has 2 saturated heterocycles. The molecule has 0 bridgehead atoms. The Labute approximate surface area is 181 Å². The van der Waals surface area contributed by atoms with Gasteiger partial charge in [0, 0.05) is 35.9 Å². The number of halogens is 1. The summed E-state index contributed by atoms with van der Waals surface area (Å²) in [5, 5.41) is 3.45. The van der Waals surface area contributed by atoms with Crippen LogP contribution in [0.5, 0.6) is 0 Å². The van der Waals surface area contributed by atoms with Gasteiger partial charge in [0.1, 0.15) is 5.82 Å². The smallest absolute Gasteiger partial charge is 0.259 e. The molecule has 1 N–H and O–H groups in total. The van der Waals surface area contributed by atoms with Crippen LogP contribution in [0.15, 0.2) is 30.5 Å². The Morgan fingerprint density at radius 1 is 1.17 bits per heavy atom. The van der Waals surface area contributed by atoms with Gasteiger partial charge in [-0.25, -0.2) is 9.97 Å². The number of carbonyl (C=O) groups excluding carboxylic acids is 2. The third-order valence-electron chi connectivity index (χ3n) is 5.81. The van der Waals surface area contributed by atoms with Crippen molar-refractivity contribution >= 4 is 29.1 Å². The first-order valence-electron chi connectivity index (χ1n) is 10.4. The number of amides is 2. The lowest BCUT2D eigenvalue weighted by Gasteiger charge is -2.20. The van der Waals surface area contributed by atoms with Crippen LogP contribution in [0.4, 0.5) is 5.69 Å². The summed E-state index contributed by atoms with van der Waals surface area (Å²) in [5.74, 6) is 0.747. The van der Waals surface area contributed by atoms with E-state index in [4.69, 9.17) is 11.6 Å². The van der Waals surface area contributed by atoms with Gasteiger partial charge in [-0.1, -0.05) is 11.6 Å². The number of aryl methyl sites for hydroxylation is 1. The zero-order valence-corrected chi connectivity index (χ0v) is 17.9. The van der Waals surface area contributed by atoms with E-state index in [9.17, 15) is 9.59 Å². The van der Waals surface area contributed by atoms with Crippen molar-refractivity contribution in [2.75, 3.05) is 38.0 Å². The Hall–Kier alpha value is -2.51. The zero-order chi connectivity index (χ0) is 21.1. The molecule has 1 aromatic carbocycles. The van der Waals surface area contributed by atoms with Crippen molar-refractivity contribution in [1.82, 2.24) is 19.8 Å². The third-order valence-corrected chi connectivity index (χ3v) is 6.06. The molecule has 2 aromatic rings. The molecule has 2 aliphatic heterocycles. The number of likely N-dealkylation sites (tertiary alicyclic amines) is 2. The first kappa shape index (κ1) is 20.8. The number of hydrogen-bond acceptors (Lipinski definition) is 5. The van der Waals surface area contributed by atoms with E-state index >= 15 is 0 Å². The summed E-state index contributed by atoms with van der Waals surface area (Å²) < 4.78 is 0. The van der Waals surface area contributed by atoms with Crippen molar-refractivity contribution in [1.29, 1.82) is 0 Å². The van der Waals surface area contributed by atoms with E-state index in [1.165, 1.54) is 12.8 Å². The topological polar surface area (TPSA) is 78.4 Å². The van der Waals surface area contributed by atoms with Crippen LogP contribution in [0.2, 0.25) is 5.02 Å². The van der Waals surface area contributed by atoms with Crippen LogP contribution in [0, 0.1) is 6.92 Å². The number of rotatable bonds is 5. The van der Waals surface area contributed by atoms with Gasteiger partial charge in [0.05, 0.1) is 17.8 Å². The number of benzene rings is 1. The highest BCUT2D eigenvalue weighted by atomic mass is 35.5. The van der Waals surface area contributed by atoms with Gasteiger partial charge in [-0.2, -0.15) is 0 Å². The summed E-state index contributed by atoms with van der Waals surface area (Å²) in [5.41, 5.74) is 1.73. The summed E-state index contributed by atoms with van der Waals surface area (Å²) in [4.78, 5) is 38.3. The van der Waals surface area contributed by atoms with Crippen molar-refractivity contribution in [2.45, 2.75) is 32.1 Å². The largest absolute Gasteiger partial charge is 0.341 e. The summed E-state index contributed by atoms with van der Waals surface area (Å²) in [6, 6.07) is 6.94. The highest BCUT2D eigenvalue weighted by Gasteiger charge is 2.30. The molecule has 0 aliphatic carbocycles. The van der Waals surface area contributed by atoms with Gasteiger partial charge in [0.2, 0.25) is 5.91 Å². The fourth-order valence-corrected chi connectivity index (χ4v) is 4.19. The quantitative estimate of drug-likeness (QED) is 0.793. The highest BCUT2D eigenvalue weighted by Crippen LogP contribution is 2.26. The van der Waals surface area contributed by atoms with Gasteiger partial charge >= 0.3 is 0 Å². The molecule has 8 heteroatoms. The monoisotopic (exact) mass is 427 g/mol. The minimum absolute atomic E-state index is 0.111. The molecule has 158 valence electrons. The molecule has 2 amide bonds. The second-order valence-electron chi connectivity index (χ2n) is 8.00. The van der Waals surface area contributed by atoms with Gasteiger partial charge in [0.25, 0.3) is 5.91 Å². The Morgan fingerprint density at radius 3 is 2.60 bits per heavy atom. The Balaban J connectivity index is 1.37. The molecule has 0 saturated carbocycles. The molecule has 2 fully saturated rings. The SMILES string of the molecule is Cc1nc([C@@H]2CCN(C(=O)CN3CCCC3)C2)ncc1C(=O)Nc1ccc(Cl)cc1.